The summed E-state index contributed by atoms with van der Waals surface area (Å²) in [5.74, 6) is 0. The summed E-state index contributed by atoms with van der Waals surface area (Å²) in [7, 11) is 6.18. The van der Waals surface area contributed by atoms with E-state index in [0.717, 1.165) is 18.7 Å². The SMILES string of the molecule is Cc1ccc(C(O)CN(C)CCN(C)C)cc1C. The average Bonchev–Trinajstić information content (AvgIpc) is 2.30. The molecule has 0 aromatic heterocycles. The van der Waals surface area contributed by atoms with Gasteiger partial charge < -0.3 is 14.9 Å². The van der Waals surface area contributed by atoms with Gasteiger partial charge in [-0.05, 0) is 51.7 Å². The van der Waals surface area contributed by atoms with Crippen LogP contribution in [-0.2, 0) is 0 Å². The first kappa shape index (κ1) is 15.2. The lowest BCUT2D eigenvalue weighted by Gasteiger charge is -2.22. The van der Waals surface area contributed by atoms with Crippen molar-refractivity contribution in [1.82, 2.24) is 9.80 Å². The first-order valence-corrected chi connectivity index (χ1v) is 6.48. The van der Waals surface area contributed by atoms with Gasteiger partial charge in [0.2, 0.25) is 0 Å². The largest absolute Gasteiger partial charge is 0.387 e. The Kier molecular flexibility index (Phi) is 5.79. The van der Waals surface area contributed by atoms with Crippen molar-refractivity contribution in [3.05, 3.63) is 34.9 Å². The number of rotatable bonds is 6. The maximum Gasteiger partial charge on any atom is 0.0916 e. The van der Waals surface area contributed by atoms with Crippen LogP contribution in [0.4, 0.5) is 0 Å². The Morgan fingerprint density at radius 1 is 1.06 bits per heavy atom. The number of aliphatic hydroxyl groups is 1. The fourth-order valence-corrected chi connectivity index (χ4v) is 1.83. The number of benzene rings is 1. The standard InChI is InChI=1S/C15H26N2O/c1-12-6-7-14(10-13(12)2)15(18)11-17(5)9-8-16(3)4/h6-7,10,15,18H,8-9,11H2,1-5H3. The number of hydrogen-bond donors (Lipinski definition) is 1. The maximum atomic E-state index is 10.2. The number of hydrogen-bond acceptors (Lipinski definition) is 3. The van der Waals surface area contributed by atoms with Crippen molar-refractivity contribution in [3.8, 4) is 0 Å². The van der Waals surface area contributed by atoms with Gasteiger partial charge in [-0.2, -0.15) is 0 Å². The summed E-state index contributed by atoms with van der Waals surface area (Å²) in [4.78, 5) is 4.32. The first-order chi connectivity index (χ1) is 8.40. The molecule has 0 saturated heterocycles. The van der Waals surface area contributed by atoms with Crippen LogP contribution in [0.25, 0.3) is 0 Å². The highest BCUT2D eigenvalue weighted by Crippen LogP contribution is 2.17. The molecule has 0 fully saturated rings. The number of likely N-dealkylation sites (N-methyl/N-ethyl adjacent to an activating group) is 2. The highest BCUT2D eigenvalue weighted by atomic mass is 16.3. The molecule has 102 valence electrons. The van der Waals surface area contributed by atoms with Crippen molar-refractivity contribution in [2.24, 2.45) is 0 Å². The molecule has 0 aliphatic rings. The molecule has 1 N–H and O–H groups in total. The molecular weight excluding hydrogens is 224 g/mol. The molecule has 1 atom stereocenters. The Hall–Kier alpha value is -0.900. The molecule has 3 nitrogen and oxygen atoms in total. The lowest BCUT2D eigenvalue weighted by Crippen LogP contribution is -2.31. The second-order valence-corrected chi connectivity index (χ2v) is 5.43. The molecule has 0 bridgehead atoms. The van der Waals surface area contributed by atoms with E-state index in [1.807, 2.05) is 13.1 Å². The minimum absolute atomic E-state index is 0.406. The van der Waals surface area contributed by atoms with Crippen LogP contribution in [0.3, 0.4) is 0 Å². The quantitative estimate of drug-likeness (QED) is 0.834. The van der Waals surface area contributed by atoms with Crippen LogP contribution in [-0.4, -0.2) is 55.7 Å². The Morgan fingerprint density at radius 3 is 2.28 bits per heavy atom. The third kappa shape index (κ3) is 4.77. The summed E-state index contributed by atoms with van der Waals surface area (Å²) in [6.07, 6.45) is -0.406. The Morgan fingerprint density at radius 2 is 1.72 bits per heavy atom. The van der Waals surface area contributed by atoms with Gasteiger partial charge in [-0.15, -0.1) is 0 Å². The summed E-state index contributed by atoms with van der Waals surface area (Å²) in [5, 5.41) is 10.2. The summed E-state index contributed by atoms with van der Waals surface area (Å²) < 4.78 is 0. The normalized spacial score (nSPS) is 13.3. The Bertz CT molecular complexity index is 377. The minimum atomic E-state index is -0.406. The highest BCUT2D eigenvalue weighted by Gasteiger charge is 2.11. The van der Waals surface area contributed by atoms with Gasteiger partial charge in [0.15, 0.2) is 0 Å². The molecule has 1 aromatic rings. The molecular formula is C15H26N2O. The van der Waals surface area contributed by atoms with Gasteiger partial charge in [-0.1, -0.05) is 18.2 Å². The van der Waals surface area contributed by atoms with Crippen molar-refractivity contribution in [3.63, 3.8) is 0 Å². The lowest BCUT2D eigenvalue weighted by molar-refractivity contribution is 0.123. The van der Waals surface area contributed by atoms with E-state index in [9.17, 15) is 5.11 Å². The van der Waals surface area contributed by atoms with Crippen molar-refractivity contribution in [1.29, 1.82) is 0 Å². The zero-order valence-corrected chi connectivity index (χ0v) is 12.3. The second kappa shape index (κ2) is 6.88. The summed E-state index contributed by atoms with van der Waals surface area (Å²) in [5.41, 5.74) is 3.52. The summed E-state index contributed by atoms with van der Waals surface area (Å²) in [6.45, 7) is 6.83. The molecule has 18 heavy (non-hydrogen) atoms. The van der Waals surface area contributed by atoms with Gasteiger partial charge >= 0.3 is 0 Å². The molecule has 0 amide bonds. The van der Waals surface area contributed by atoms with Crippen molar-refractivity contribution in [2.45, 2.75) is 20.0 Å². The van der Waals surface area contributed by atoms with Crippen molar-refractivity contribution >= 4 is 0 Å². The number of aliphatic hydroxyl groups excluding tert-OH is 1. The van der Waals surface area contributed by atoms with E-state index < -0.39 is 6.10 Å². The van der Waals surface area contributed by atoms with Crippen molar-refractivity contribution < 1.29 is 5.11 Å². The molecule has 1 rings (SSSR count). The molecule has 0 aliphatic heterocycles. The van der Waals surface area contributed by atoms with Crippen LogP contribution in [0.2, 0.25) is 0 Å². The Labute approximate surface area is 111 Å². The fraction of sp³-hybridized carbons (Fsp3) is 0.600. The highest BCUT2D eigenvalue weighted by molar-refractivity contribution is 5.31. The third-order valence-electron chi connectivity index (χ3n) is 3.33. The van der Waals surface area contributed by atoms with Crippen LogP contribution in [0.1, 0.15) is 22.8 Å². The van der Waals surface area contributed by atoms with Crippen molar-refractivity contribution in [2.75, 3.05) is 40.8 Å². The predicted octanol–water partition coefficient (Wildman–Crippen LogP) is 1.83. The molecule has 1 aromatic carbocycles. The van der Waals surface area contributed by atoms with Gasteiger partial charge in [0.25, 0.3) is 0 Å². The van der Waals surface area contributed by atoms with E-state index in [4.69, 9.17) is 0 Å². The zero-order valence-electron chi connectivity index (χ0n) is 12.3. The average molecular weight is 250 g/mol. The molecule has 0 saturated carbocycles. The third-order valence-corrected chi connectivity index (χ3v) is 3.33. The molecule has 0 heterocycles. The van der Waals surface area contributed by atoms with E-state index >= 15 is 0 Å². The second-order valence-electron chi connectivity index (χ2n) is 5.43. The van der Waals surface area contributed by atoms with Gasteiger partial charge in [-0.25, -0.2) is 0 Å². The number of aryl methyl sites for hydroxylation is 2. The lowest BCUT2D eigenvalue weighted by atomic mass is 10.0. The van der Waals surface area contributed by atoms with Gasteiger partial charge in [-0.3, -0.25) is 0 Å². The minimum Gasteiger partial charge on any atom is -0.387 e. The molecule has 1 unspecified atom stereocenters. The van der Waals surface area contributed by atoms with Crippen LogP contribution in [0.5, 0.6) is 0 Å². The van der Waals surface area contributed by atoms with E-state index in [-0.39, 0.29) is 0 Å². The monoisotopic (exact) mass is 250 g/mol. The Balaban J connectivity index is 2.53. The van der Waals surface area contributed by atoms with E-state index in [1.165, 1.54) is 11.1 Å². The van der Waals surface area contributed by atoms with Gasteiger partial charge in [0.1, 0.15) is 0 Å². The van der Waals surface area contributed by atoms with Crippen LogP contribution in [0, 0.1) is 13.8 Å². The topological polar surface area (TPSA) is 26.7 Å². The van der Waals surface area contributed by atoms with Crippen LogP contribution in [0.15, 0.2) is 18.2 Å². The van der Waals surface area contributed by atoms with E-state index in [2.05, 4.69) is 49.9 Å². The van der Waals surface area contributed by atoms with Crippen LogP contribution >= 0.6 is 0 Å². The van der Waals surface area contributed by atoms with Gasteiger partial charge in [0.05, 0.1) is 6.10 Å². The maximum absolute atomic E-state index is 10.2. The first-order valence-electron chi connectivity index (χ1n) is 6.48. The molecule has 0 radical (unpaired) electrons. The molecule has 0 spiro atoms. The molecule has 0 aliphatic carbocycles. The predicted molar refractivity (Wildman–Crippen MR) is 76.9 cm³/mol. The molecule has 3 heteroatoms. The smallest absolute Gasteiger partial charge is 0.0916 e. The van der Waals surface area contributed by atoms with E-state index in [1.54, 1.807) is 0 Å². The van der Waals surface area contributed by atoms with Crippen LogP contribution < -0.4 is 0 Å². The van der Waals surface area contributed by atoms with E-state index in [0.29, 0.717) is 6.54 Å². The summed E-state index contributed by atoms with van der Waals surface area (Å²) in [6, 6.07) is 6.18. The van der Waals surface area contributed by atoms with Gasteiger partial charge in [0, 0.05) is 19.6 Å². The summed E-state index contributed by atoms with van der Waals surface area (Å²) >= 11 is 0. The zero-order chi connectivity index (χ0) is 13.7. The fourth-order valence-electron chi connectivity index (χ4n) is 1.83. The number of nitrogens with zero attached hydrogens (tertiary/aromatic N) is 2.